The van der Waals surface area contributed by atoms with Crippen LogP contribution in [0.4, 0.5) is 0 Å². The van der Waals surface area contributed by atoms with E-state index in [-0.39, 0.29) is 0 Å². The third-order valence-corrected chi connectivity index (χ3v) is 12.7. The second-order valence-electron chi connectivity index (χ2n) is 16.8. The minimum atomic E-state index is 0.669. The maximum Gasteiger partial charge on any atom is 0.160 e. The predicted octanol–water partition coefficient (Wildman–Crippen LogP) is 16.5. The van der Waals surface area contributed by atoms with Gasteiger partial charge in [-0.2, -0.15) is 0 Å². The Morgan fingerprint density at radius 2 is 0.716 bits per heavy atom. The van der Waals surface area contributed by atoms with Gasteiger partial charge in [0.2, 0.25) is 0 Å². The summed E-state index contributed by atoms with van der Waals surface area (Å²) in [6.45, 7) is 0. The van der Waals surface area contributed by atoms with Crippen LogP contribution in [0.2, 0.25) is 0 Å². The monoisotopic (exact) mass is 854 g/mol. The van der Waals surface area contributed by atoms with Crippen molar-refractivity contribution in [1.29, 1.82) is 0 Å². The summed E-state index contributed by atoms with van der Waals surface area (Å²) in [5, 5.41) is 2.45. The number of pyridine rings is 1. The van der Waals surface area contributed by atoms with Gasteiger partial charge in [-0.25, -0.2) is 15.0 Å². The molecule has 0 saturated carbocycles. The lowest BCUT2D eigenvalue weighted by molar-refractivity contribution is 1.18. The van der Waals surface area contributed by atoms with Crippen molar-refractivity contribution in [3.05, 3.63) is 249 Å². The van der Waals surface area contributed by atoms with Crippen LogP contribution in [0.15, 0.2) is 249 Å². The number of fused-ring (bicyclic) bond motifs is 3. The molecule has 0 aliphatic carbocycles. The van der Waals surface area contributed by atoms with Gasteiger partial charge < -0.3 is 4.98 Å². The van der Waals surface area contributed by atoms with E-state index in [0.29, 0.717) is 5.82 Å². The highest BCUT2D eigenvalue weighted by molar-refractivity contribution is 6.12. The molecule has 0 spiro atoms. The van der Waals surface area contributed by atoms with Gasteiger partial charge in [-0.15, -0.1) is 0 Å². The highest BCUT2D eigenvalue weighted by atomic mass is 14.9. The fourth-order valence-corrected chi connectivity index (χ4v) is 9.48. The van der Waals surface area contributed by atoms with Crippen LogP contribution in [0, 0.1) is 0 Å². The quantitative estimate of drug-likeness (QED) is 0.157. The first-order valence-corrected chi connectivity index (χ1v) is 22.7. The summed E-state index contributed by atoms with van der Waals surface area (Å²) in [7, 11) is 0. The van der Waals surface area contributed by atoms with E-state index in [2.05, 4.69) is 236 Å². The van der Waals surface area contributed by atoms with E-state index >= 15 is 0 Å². The topological polar surface area (TPSA) is 54.5 Å². The van der Waals surface area contributed by atoms with Crippen molar-refractivity contribution < 1.29 is 0 Å². The first kappa shape index (κ1) is 39.6. The fourth-order valence-electron chi connectivity index (χ4n) is 9.48. The predicted molar refractivity (Wildman–Crippen MR) is 278 cm³/mol. The fraction of sp³-hybridized carbons (Fsp3) is 0. The summed E-state index contributed by atoms with van der Waals surface area (Å²) in [5.41, 5.74) is 19.6. The first-order valence-electron chi connectivity index (χ1n) is 22.7. The Balaban J connectivity index is 1.06. The average molecular weight is 855 g/mol. The van der Waals surface area contributed by atoms with E-state index < -0.39 is 0 Å². The molecule has 9 aromatic carbocycles. The molecule has 3 heterocycles. The standard InChI is InChI=1S/C63H42N4/c1-6-20-44(21-7-1)58-57(59(45-22-8-2-9-23-45)61(47-26-12-4-13-27-47)67-60(58)46-24-10-3-11-25-46)50-31-18-30-49(40-50)56-41-55(65-63(66-56)48-28-14-5-15-29-48)43-38-36-42(37-39-43)51-33-19-34-53-52-32-16-17-35-54(52)64-62(51)53/h1-41,64H. The molecule has 0 aliphatic heterocycles. The number of hydrogen-bond acceptors (Lipinski definition) is 3. The normalized spacial score (nSPS) is 11.3. The molecule has 0 atom stereocenters. The molecule has 0 saturated heterocycles. The molecule has 0 bridgehead atoms. The van der Waals surface area contributed by atoms with Crippen LogP contribution in [0.3, 0.4) is 0 Å². The molecule has 12 aromatic rings. The molecule has 4 heteroatoms. The summed E-state index contributed by atoms with van der Waals surface area (Å²) < 4.78 is 0. The molecule has 67 heavy (non-hydrogen) atoms. The van der Waals surface area contributed by atoms with Crippen LogP contribution in [-0.4, -0.2) is 19.9 Å². The third-order valence-electron chi connectivity index (χ3n) is 12.7. The van der Waals surface area contributed by atoms with Gasteiger partial charge in [0, 0.05) is 66.4 Å². The van der Waals surface area contributed by atoms with Gasteiger partial charge in [0.15, 0.2) is 5.82 Å². The van der Waals surface area contributed by atoms with Crippen LogP contribution < -0.4 is 0 Å². The lowest BCUT2D eigenvalue weighted by Gasteiger charge is -2.23. The van der Waals surface area contributed by atoms with Gasteiger partial charge in [0.1, 0.15) is 0 Å². The lowest BCUT2D eigenvalue weighted by atomic mass is 9.83. The SMILES string of the molecule is c1ccc(-c2nc(-c3ccc(-c4cccc5c4[nH]c4ccccc45)cc3)cc(-c3cccc(-c4c(-c5ccccc5)c(-c5ccccc5)nc(-c5ccccc5)c4-c4ccccc4)c3)n2)cc1. The second kappa shape index (κ2) is 17.2. The van der Waals surface area contributed by atoms with Crippen LogP contribution in [0.5, 0.6) is 0 Å². The Hall–Kier alpha value is -8.99. The highest BCUT2D eigenvalue weighted by Crippen LogP contribution is 2.49. The molecule has 12 rings (SSSR count). The molecule has 0 fully saturated rings. The molecule has 1 N–H and O–H groups in total. The Labute approximate surface area is 389 Å². The minimum absolute atomic E-state index is 0.669. The number of para-hydroxylation sites is 2. The van der Waals surface area contributed by atoms with Crippen molar-refractivity contribution in [1.82, 2.24) is 19.9 Å². The van der Waals surface area contributed by atoms with E-state index in [9.17, 15) is 0 Å². The molecule has 4 nitrogen and oxygen atoms in total. The molecule has 0 aliphatic rings. The molecule has 0 unspecified atom stereocenters. The van der Waals surface area contributed by atoms with Crippen molar-refractivity contribution >= 4 is 21.8 Å². The largest absolute Gasteiger partial charge is 0.354 e. The molecule has 0 radical (unpaired) electrons. The summed E-state index contributed by atoms with van der Waals surface area (Å²) >= 11 is 0. The maximum absolute atomic E-state index is 5.65. The van der Waals surface area contributed by atoms with Crippen molar-refractivity contribution in [2.24, 2.45) is 0 Å². The van der Waals surface area contributed by atoms with Gasteiger partial charge in [-0.05, 0) is 40.5 Å². The van der Waals surface area contributed by atoms with Gasteiger partial charge >= 0.3 is 0 Å². The molecule has 3 aromatic heterocycles. The zero-order chi connectivity index (χ0) is 44.5. The summed E-state index contributed by atoms with van der Waals surface area (Å²) in [6, 6.07) is 87.5. The van der Waals surface area contributed by atoms with E-state index in [1.54, 1.807) is 0 Å². The third kappa shape index (κ3) is 7.47. The van der Waals surface area contributed by atoms with E-state index in [1.807, 2.05) is 18.2 Å². The number of benzene rings is 9. The van der Waals surface area contributed by atoms with Crippen LogP contribution in [-0.2, 0) is 0 Å². The van der Waals surface area contributed by atoms with Gasteiger partial charge in [-0.3, -0.25) is 0 Å². The summed E-state index contributed by atoms with van der Waals surface area (Å²) in [5.74, 6) is 0.669. The zero-order valence-electron chi connectivity index (χ0n) is 36.5. The number of aromatic nitrogens is 4. The molecular formula is C63H42N4. The Kier molecular flexibility index (Phi) is 10.2. The number of aromatic amines is 1. The van der Waals surface area contributed by atoms with Crippen LogP contribution in [0.1, 0.15) is 0 Å². The van der Waals surface area contributed by atoms with Gasteiger partial charge in [0.05, 0.1) is 28.3 Å². The number of nitrogens with zero attached hydrogens (tertiary/aromatic N) is 3. The number of H-pyrrole nitrogens is 1. The second-order valence-corrected chi connectivity index (χ2v) is 16.8. The van der Waals surface area contributed by atoms with Crippen molar-refractivity contribution in [3.8, 4) is 101 Å². The Bertz CT molecular complexity index is 3600. The molecule has 314 valence electrons. The average Bonchev–Trinajstić information content (AvgIpc) is 3.81. The Morgan fingerprint density at radius 3 is 1.31 bits per heavy atom. The van der Waals surface area contributed by atoms with E-state index in [4.69, 9.17) is 15.0 Å². The maximum atomic E-state index is 5.65. The van der Waals surface area contributed by atoms with Crippen LogP contribution in [0.25, 0.3) is 123 Å². The van der Waals surface area contributed by atoms with Crippen molar-refractivity contribution in [2.75, 3.05) is 0 Å². The van der Waals surface area contributed by atoms with Crippen molar-refractivity contribution in [3.63, 3.8) is 0 Å². The number of hydrogen-bond donors (Lipinski definition) is 1. The summed E-state index contributed by atoms with van der Waals surface area (Å²) in [4.78, 5) is 19.9. The molecular weight excluding hydrogens is 813 g/mol. The minimum Gasteiger partial charge on any atom is -0.354 e. The highest BCUT2D eigenvalue weighted by Gasteiger charge is 2.26. The Morgan fingerprint density at radius 1 is 0.269 bits per heavy atom. The smallest absolute Gasteiger partial charge is 0.160 e. The van der Waals surface area contributed by atoms with E-state index in [0.717, 1.165) is 106 Å². The number of rotatable bonds is 9. The van der Waals surface area contributed by atoms with Gasteiger partial charge in [-0.1, -0.05) is 231 Å². The van der Waals surface area contributed by atoms with Crippen LogP contribution >= 0.6 is 0 Å². The van der Waals surface area contributed by atoms with Crippen molar-refractivity contribution in [2.45, 2.75) is 0 Å². The number of nitrogens with one attached hydrogen (secondary N) is 1. The van der Waals surface area contributed by atoms with E-state index in [1.165, 1.54) is 10.8 Å². The lowest BCUT2D eigenvalue weighted by Crippen LogP contribution is -2.01. The van der Waals surface area contributed by atoms with Gasteiger partial charge in [0.25, 0.3) is 0 Å². The first-order chi connectivity index (χ1) is 33.2. The summed E-state index contributed by atoms with van der Waals surface area (Å²) in [6.07, 6.45) is 0. The zero-order valence-corrected chi connectivity index (χ0v) is 36.5. The molecule has 0 amide bonds.